The van der Waals surface area contributed by atoms with Gasteiger partial charge in [0.25, 0.3) is 0 Å². The summed E-state index contributed by atoms with van der Waals surface area (Å²) >= 11 is 0. The van der Waals surface area contributed by atoms with Gasteiger partial charge in [-0.05, 0) is 18.8 Å². The molecule has 0 aliphatic carbocycles. The lowest BCUT2D eigenvalue weighted by atomic mass is 9.96. The summed E-state index contributed by atoms with van der Waals surface area (Å²) in [5.74, 6) is 0.689. The molecule has 0 atom stereocenters. The van der Waals surface area contributed by atoms with Crippen LogP contribution in [0.1, 0.15) is 12.8 Å². The van der Waals surface area contributed by atoms with Crippen LogP contribution in [0.3, 0.4) is 0 Å². The Hall–Kier alpha value is -0.810. The first kappa shape index (κ1) is 11.7. The van der Waals surface area contributed by atoms with Crippen molar-refractivity contribution in [1.29, 1.82) is 0 Å². The Morgan fingerprint density at radius 3 is 2.38 bits per heavy atom. The summed E-state index contributed by atoms with van der Waals surface area (Å²) in [7, 11) is 0. The van der Waals surface area contributed by atoms with E-state index in [-0.39, 0.29) is 0 Å². The molecule has 0 radical (unpaired) electrons. The second kappa shape index (κ2) is 5.50. The first-order valence-corrected chi connectivity index (χ1v) is 6.16. The molecule has 2 aliphatic rings. The van der Waals surface area contributed by atoms with Gasteiger partial charge in [0.15, 0.2) is 0 Å². The smallest absolute Gasteiger partial charge is 0.407 e. The topological polar surface area (TPSA) is 55.8 Å². The van der Waals surface area contributed by atoms with Gasteiger partial charge in [0, 0.05) is 45.8 Å². The Morgan fingerprint density at radius 2 is 1.81 bits per heavy atom. The molecule has 2 fully saturated rings. The van der Waals surface area contributed by atoms with Crippen LogP contribution in [0.4, 0.5) is 4.79 Å². The van der Waals surface area contributed by atoms with Gasteiger partial charge in [0.1, 0.15) is 0 Å². The van der Waals surface area contributed by atoms with E-state index in [1.165, 1.54) is 4.90 Å². The minimum absolute atomic E-state index is 0.689. The van der Waals surface area contributed by atoms with Crippen LogP contribution in [0.2, 0.25) is 0 Å². The van der Waals surface area contributed by atoms with Crippen LogP contribution in [-0.2, 0) is 0 Å². The molecule has 0 spiro atoms. The molecule has 0 saturated carbocycles. The summed E-state index contributed by atoms with van der Waals surface area (Å²) in [4.78, 5) is 14.8. The van der Waals surface area contributed by atoms with E-state index in [1.54, 1.807) is 0 Å². The summed E-state index contributed by atoms with van der Waals surface area (Å²) in [5.41, 5.74) is 0. The van der Waals surface area contributed by atoms with Crippen LogP contribution in [0, 0.1) is 5.92 Å². The molecule has 0 aromatic heterocycles. The van der Waals surface area contributed by atoms with E-state index in [9.17, 15) is 4.79 Å². The first-order valence-electron chi connectivity index (χ1n) is 6.16. The zero-order chi connectivity index (χ0) is 11.4. The number of hydrogen-bond donors (Lipinski definition) is 2. The van der Waals surface area contributed by atoms with Crippen molar-refractivity contribution >= 4 is 6.09 Å². The van der Waals surface area contributed by atoms with E-state index in [2.05, 4.69) is 10.2 Å². The normalized spacial score (nSPS) is 24.6. The van der Waals surface area contributed by atoms with Crippen molar-refractivity contribution in [2.24, 2.45) is 5.92 Å². The summed E-state index contributed by atoms with van der Waals surface area (Å²) in [6, 6.07) is 0. The number of hydrogen-bond acceptors (Lipinski definition) is 3. The molecular weight excluding hydrogens is 206 g/mol. The van der Waals surface area contributed by atoms with Gasteiger partial charge in [-0.25, -0.2) is 4.79 Å². The summed E-state index contributed by atoms with van der Waals surface area (Å²) < 4.78 is 0. The van der Waals surface area contributed by atoms with Gasteiger partial charge in [0.2, 0.25) is 0 Å². The van der Waals surface area contributed by atoms with Crippen molar-refractivity contribution in [3.05, 3.63) is 0 Å². The molecule has 2 aliphatic heterocycles. The molecule has 0 bridgehead atoms. The second-order valence-electron chi connectivity index (χ2n) is 4.76. The molecule has 2 N–H and O–H groups in total. The molecule has 0 aromatic rings. The minimum Gasteiger partial charge on any atom is -0.465 e. The quantitative estimate of drug-likeness (QED) is 0.711. The summed E-state index contributed by atoms with van der Waals surface area (Å²) in [6.07, 6.45) is 1.28. The van der Waals surface area contributed by atoms with Crippen LogP contribution in [0.25, 0.3) is 0 Å². The minimum atomic E-state index is -0.763. The summed E-state index contributed by atoms with van der Waals surface area (Å²) in [6.45, 7) is 7.04. The van der Waals surface area contributed by atoms with Crippen LogP contribution in [0.15, 0.2) is 0 Å². The standard InChI is InChI=1S/C11H21N3O2/c15-11(16)14-5-1-10(2-6-14)9-13-7-3-12-4-8-13/h10,12H,1-9H2,(H,15,16). The number of nitrogens with one attached hydrogen (secondary N) is 1. The van der Waals surface area contributed by atoms with Crippen molar-refractivity contribution in [2.75, 3.05) is 45.8 Å². The van der Waals surface area contributed by atoms with E-state index in [0.29, 0.717) is 19.0 Å². The number of amides is 1. The second-order valence-corrected chi connectivity index (χ2v) is 4.76. The van der Waals surface area contributed by atoms with Crippen molar-refractivity contribution in [2.45, 2.75) is 12.8 Å². The number of likely N-dealkylation sites (tertiary alicyclic amines) is 1. The maximum absolute atomic E-state index is 10.8. The highest BCUT2D eigenvalue weighted by Gasteiger charge is 2.24. The van der Waals surface area contributed by atoms with Gasteiger partial charge >= 0.3 is 6.09 Å². The SMILES string of the molecule is O=C(O)N1CCC(CN2CCNCC2)CC1. The third-order valence-electron chi connectivity index (χ3n) is 3.61. The third-order valence-corrected chi connectivity index (χ3v) is 3.61. The first-order chi connectivity index (χ1) is 7.75. The maximum atomic E-state index is 10.8. The zero-order valence-electron chi connectivity index (χ0n) is 9.69. The number of nitrogens with zero attached hydrogens (tertiary/aromatic N) is 2. The molecule has 92 valence electrons. The third kappa shape index (κ3) is 3.09. The van der Waals surface area contributed by atoms with Crippen LogP contribution in [-0.4, -0.2) is 66.8 Å². The number of piperidine rings is 1. The predicted octanol–water partition coefficient (Wildman–Crippen LogP) is 0.282. The largest absolute Gasteiger partial charge is 0.465 e. The molecule has 16 heavy (non-hydrogen) atoms. The lowest BCUT2D eigenvalue weighted by Crippen LogP contribution is -2.47. The van der Waals surface area contributed by atoms with E-state index in [0.717, 1.165) is 45.6 Å². The van der Waals surface area contributed by atoms with Crippen molar-refractivity contribution in [1.82, 2.24) is 15.1 Å². The van der Waals surface area contributed by atoms with Crippen LogP contribution < -0.4 is 5.32 Å². The van der Waals surface area contributed by atoms with Crippen molar-refractivity contribution in [3.63, 3.8) is 0 Å². The molecule has 0 unspecified atom stereocenters. The maximum Gasteiger partial charge on any atom is 0.407 e. The molecule has 0 aromatic carbocycles. The van der Waals surface area contributed by atoms with Gasteiger partial charge < -0.3 is 20.2 Å². The van der Waals surface area contributed by atoms with Crippen LogP contribution in [0.5, 0.6) is 0 Å². The summed E-state index contributed by atoms with van der Waals surface area (Å²) in [5, 5.41) is 12.2. The highest BCUT2D eigenvalue weighted by molar-refractivity contribution is 5.64. The molecule has 2 rings (SSSR count). The van der Waals surface area contributed by atoms with Gasteiger partial charge in [-0.1, -0.05) is 0 Å². The lowest BCUT2D eigenvalue weighted by Gasteiger charge is -2.35. The van der Waals surface area contributed by atoms with E-state index in [1.807, 2.05) is 0 Å². The molecule has 5 heteroatoms. The van der Waals surface area contributed by atoms with Gasteiger partial charge in [-0.15, -0.1) is 0 Å². The Balaban J connectivity index is 1.70. The zero-order valence-corrected chi connectivity index (χ0v) is 9.69. The number of piperazine rings is 1. The highest BCUT2D eigenvalue weighted by Crippen LogP contribution is 2.18. The van der Waals surface area contributed by atoms with E-state index in [4.69, 9.17) is 5.11 Å². The average Bonchev–Trinajstić information content (AvgIpc) is 2.31. The van der Waals surface area contributed by atoms with E-state index >= 15 is 0 Å². The molecule has 2 saturated heterocycles. The van der Waals surface area contributed by atoms with Crippen LogP contribution >= 0.6 is 0 Å². The molecule has 1 amide bonds. The van der Waals surface area contributed by atoms with Crippen molar-refractivity contribution < 1.29 is 9.90 Å². The Bertz CT molecular complexity index is 233. The Labute approximate surface area is 96.4 Å². The van der Waals surface area contributed by atoms with Gasteiger partial charge in [-0.3, -0.25) is 0 Å². The predicted molar refractivity (Wildman–Crippen MR) is 61.6 cm³/mol. The number of carbonyl (C=O) groups is 1. The highest BCUT2D eigenvalue weighted by atomic mass is 16.4. The van der Waals surface area contributed by atoms with Gasteiger partial charge in [0.05, 0.1) is 0 Å². The molecule has 2 heterocycles. The van der Waals surface area contributed by atoms with E-state index < -0.39 is 6.09 Å². The van der Waals surface area contributed by atoms with Crippen molar-refractivity contribution in [3.8, 4) is 0 Å². The fourth-order valence-corrected chi connectivity index (χ4v) is 2.57. The number of rotatable bonds is 2. The molecular formula is C11H21N3O2. The average molecular weight is 227 g/mol. The number of carboxylic acid groups (broad SMARTS) is 1. The Kier molecular flexibility index (Phi) is 4.01. The fraction of sp³-hybridized carbons (Fsp3) is 0.909. The Morgan fingerprint density at radius 1 is 1.19 bits per heavy atom. The monoisotopic (exact) mass is 227 g/mol. The van der Waals surface area contributed by atoms with Gasteiger partial charge in [-0.2, -0.15) is 0 Å². The lowest BCUT2D eigenvalue weighted by molar-refractivity contribution is 0.111. The molecule has 5 nitrogen and oxygen atoms in total. The fourth-order valence-electron chi connectivity index (χ4n) is 2.57.